The Labute approximate surface area is 89.7 Å². The Balaban J connectivity index is 2.47. The Morgan fingerprint density at radius 1 is 1.75 bits per heavy atom. The zero-order valence-electron chi connectivity index (χ0n) is 6.79. The first-order valence-electron chi connectivity index (χ1n) is 3.55. The Morgan fingerprint density at radius 2 is 2.50 bits per heavy atom. The maximum atomic E-state index is 11.2. The van der Waals surface area contributed by atoms with Crippen LogP contribution in [0.1, 0.15) is 5.56 Å². The monoisotopic (exact) mass is 295 g/mol. The van der Waals surface area contributed by atoms with Gasteiger partial charge in [-0.15, -0.1) is 0 Å². The highest BCUT2D eigenvalue weighted by atomic mass is 127. The van der Waals surface area contributed by atoms with Crippen LogP contribution in [0.15, 0.2) is 16.8 Å². The molecule has 1 heterocycles. The molecule has 0 aliphatic carbocycles. The van der Waals surface area contributed by atoms with E-state index >= 15 is 0 Å². The number of carbonyl (C=O) groups is 1. The minimum Gasteiger partial charge on any atom is -0.341 e. The summed E-state index contributed by atoms with van der Waals surface area (Å²) in [6, 6.07) is 2.04. The van der Waals surface area contributed by atoms with Gasteiger partial charge in [-0.3, -0.25) is 4.79 Å². The highest BCUT2D eigenvalue weighted by molar-refractivity contribution is 14.1. The van der Waals surface area contributed by atoms with Crippen molar-refractivity contribution >= 4 is 39.8 Å². The SMILES string of the molecule is CN(Cc1ccsc1)C(=O)CI. The fourth-order valence-electron chi connectivity index (χ4n) is 0.847. The molecule has 4 heteroatoms. The van der Waals surface area contributed by atoms with Gasteiger partial charge in [-0.05, 0) is 22.4 Å². The van der Waals surface area contributed by atoms with E-state index in [-0.39, 0.29) is 5.91 Å². The smallest absolute Gasteiger partial charge is 0.232 e. The fourth-order valence-corrected chi connectivity index (χ4v) is 2.09. The lowest BCUT2D eigenvalue weighted by molar-refractivity contribution is -0.127. The summed E-state index contributed by atoms with van der Waals surface area (Å²) in [5.74, 6) is 0.182. The topological polar surface area (TPSA) is 20.3 Å². The molecule has 0 unspecified atom stereocenters. The Morgan fingerprint density at radius 3 is 3.00 bits per heavy atom. The molecule has 0 aromatic carbocycles. The second-order valence-corrected chi connectivity index (χ2v) is 4.06. The zero-order chi connectivity index (χ0) is 8.97. The number of thiophene rings is 1. The van der Waals surface area contributed by atoms with Crippen LogP contribution in [0.5, 0.6) is 0 Å². The van der Waals surface area contributed by atoms with Crippen LogP contribution < -0.4 is 0 Å². The van der Waals surface area contributed by atoms with Gasteiger partial charge in [-0.25, -0.2) is 0 Å². The van der Waals surface area contributed by atoms with E-state index in [9.17, 15) is 4.79 Å². The second kappa shape index (κ2) is 4.81. The van der Waals surface area contributed by atoms with Crippen molar-refractivity contribution in [2.75, 3.05) is 11.5 Å². The van der Waals surface area contributed by atoms with Crippen molar-refractivity contribution < 1.29 is 4.79 Å². The second-order valence-electron chi connectivity index (χ2n) is 2.52. The van der Waals surface area contributed by atoms with E-state index in [0.717, 1.165) is 6.54 Å². The molecule has 0 saturated heterocycles. The molecule has 0 aliphatic heterocycles. The fraction of sp³-hybridized carbons (Fsp3) is 0.375. The lowest BCUT2D eigenvalue weighted by Crippen LogP contribution is -2.26. The number of hydrogen-bond donors (Lipinski definition) is 0. The number of carbonyl (C=O) groups excluding carboxylic acids is 1. The number of halogens is 1. The molecule has 0 N–H and O–H groups in total. The van der Waals surface area contributed by atoms with Gasteiger partial charge in [-0.1, -0.05) is 22.6 Å². The molecule has 1 aromatic rings. The van der Waals surface area contributed by atoms with Crippen LogP contribution in [-0.2, 0) is 11.3 Å². The summed E-state index contributed by atoms with van der Waals surface area (Å²) >= 11 is 3.74. The Bertz CT molecular complexity index is 248. The number of amides is 1. The third-order valence-electron chi connectivity index (χ3n) is 1.54. The maximum Gasteiger partial charge on any atom is 0.232 e. The van der Waals surface area contributed by atoms with Crippen LogP contribution in [0.2, 0.25) is 0 Å². The predicted molar refractivity (Wildman–Crippen MR) is 59.7 cm³/mol. The van der Waals surface area contributed by atoms with E-state index in [1.807, 2.05) is 18.5 Å². The number of nitrogens with zero attached hydrogens (tertiary/aromatic N) is 1. The molecule has 0 bridgehead atoms. The molecule has 12 heavy (non-hydrogen) atoms. The first-order valence-corrected chi connectivity index (χ1v) is 6.02. The maximum absolute atomic E-state index is 11.2. The van der Waals surface area contributed by atoms with E-state index in [1.165, 1.54) is 5.56 Å². The van der Waals surface area contributed by atoms with Crippen LogP contribution in [0, 0.1) is 0 Å². The lowest BCUT2D eigenvalue weighted by atomic mass is 10.3. The molecular formula is C8H10INOS. The highest BCUT2D eigenvalue weighted by Gasteiger charge is 2.06. The average molecular weight is 295 g/mol. The number of alkyl halides is 1. The largest absolute Gasteiger partial charge is 0.341 e. The molecule has 0 atom stereocenters. The van der Waals surface area contributed by atoms with Crippen LogP contribution in [0.25, 0.3) is 0 Å². The van der Waals surface area contributed by atoms with Crippen LogP contribution in [0.3, 0.4) is 0 Å². The first kappa shape index (κ1) is 9.98. The summed E-state index contributed by atoms with van der Waals surface area (Å²) in [6.07, 6.45) is 0. The van der Waals surface area contributed by atoms with Crippen LogP contribution in [-0.4, -0.2) is 22.3 Å². The van der Waals surface area contributed by atoms with Gasteiger partial charge in [0.25, 0.3) is 0 Å². The van der Waals surface area contributed by atoms with Crippen molar-refractivity contribution in [2.45, 2.75) is 6.54 Å². The lowest BCUT2D eigenvalue weighted by Gasteiger charge is -2.14. The van der Waals surface area contributed by atoms with E-state index in [4.69, 9.17) is 0 Å². The molecular weight excluding hydrogens is 285 g/mol. The third kappa shape index (κ3) is 2.75. The molecule has 0 aliphatic rings. The van der Waals surface area contributed by atoms with E-state index in [2.05, 4.69) is 28.0 Å². The van der Waals surface area contributed by atoms with Gasteiger partial charge in [0, 0.05) is 13.6 Å². The molecule has 1 rings (SSSR count). The molecule has 2 nitrogen and oxygen atoms in total. The molecule has 0 fully saturated rings. The summed E-state index contributed by atoms with van der Waals surface area (Å²) in [4.78, 5) is 12.9. The zero-order valence-corrected chi connectivity index (χ0v) is 9.76. The first-order chi connectivity index (χ1) is 5.74. The summed E-state index contributed by atoms with van der Waals surface area (Å²) in [5, 5.41) is 4.09. The molecule has 0 spiro atoms. The van der Waals surface area contributed by atoms with Crippen molar-refractivity contribution in [3.63, 3.8) is 0 Å². The third-order valence-corrected chi connectivity index (χ3v) is 2.92. The molecule has 0 saturated carbocycles. The quantitative estimate of drug-likeness (QED) is 0.618. The molecule has 1 aromatic heterocycles. The molecule has 66 valence electrons. The van der Waals surface area contributed by atoms with Gasteiger partial charge < -0.3 is 4.90 Å². The van der Waals surface area contributed by atoms with Crippen molar-refractivity contribution in [3.8, 4) is 0 Å². The van der Waals surface area contributed by atoms with Gasteiger partial charge in [0.15, 0.2) is 0 Å². The minimum atomic E-state index is 0.182. The van der Waals surface area contributed by atoms with Crippen molar-refractivity contribution in [3.05, 3.63) is 22.4 Å². The number of rotatable bonds is 3. The van der Waals surface area contributed by atoms with E-state index in [1.54, 1.807) is 16.2 Å². The van der Waals surface area contributed by atoms with E-state index in [0.29, 0.717) is 4.43 Å². The van der Waals surface area contributed by atoms with Crippen LogP contribution in [0.4, 0.5) is 0 Å². The van der Waals surface area contributed by atoms with Gasteiger partial charge >= 0.3 is 0 Å². The number of hydrogen-bond acceptors (Lipinski definition) is 2. The standard InChI is InChI=1S/C8H10INOS/c1-10(8(11)4-9)5-7-2-3-12-6-7/h2-3,6H,4-5H2,1H3. The van der Waals surface area contributed by atoms with Gasteiger partial charge in [0.05, 0.1) is 4.43 Å². The normalized spacial score (nSPS) is 9.83. The summed E-state index contributed by atoms with van der Waals surface area (Å²) in [5.41, 5.74) is 1.21. The average Bonchev–Trinajstić information content (AvgIpc) is 2.55. The van der Waals surface area contributed by atoms with Crippen molar-refractivity contribution in [1.29, 1.82) is 0 Å². The van der Waals surface area contributed by atoms with Crippen LogP contribution >= 0.6 is 33.9 Å². The van der Waals surface area contributed by atoms with Gasteiger partial charge in [0.2, 0.25) is 5.91 Å². The predicted octanol–water partition coefficient (Wildman–Crippen LogP) is 2.14. The molecule has 1 amide bonds. The molecule has 0 radical (unpaired) electrons. The van der Waals surface area contributed by atoms with Crippen molar-refractivity contribution in [2.24, 2.45) is 0 Å². The summed E-state index contributed by atoms with van der Waals surface area (Å²) in [6.45, 7) is 0.728. The Kier molecular flexibility index (Phi) is 4.00. The summed E-state index contributed by atoms with van der Waals surface area (Å²) in [7, 11) is 1.83. The highest BCUT2D eigenvalue weighted by Crippen LogP contribution is 2.08. The van der Waals surface area contributed by atoms with Gasteiger partial charge in [-0.2, -0.15) is 11.3 Å². The summed E-state index contributed by atoms with van der Waals surface area (Å²) < 4.78 is 0.554. The Hall–Kier alpha value is -0.100. The van der Waals surface area contributed by atoms with Crippen molar-refractivity contribution in [1.82, 2.24) is 4.90 Å². The van der Waals surface area contributed by atoms with Gasteiger partial charge in [0.1, 0.15) is 0 Å². The minimum absolute atomic E-state index is 0.182. The van der Waals surface area contributed by atoms with E-state index < -0.39 is 0 Å².